The van der Waals surface area contributed by atoms with Crippen molar-refractivity contribution in [2.75, 3.05) is 19.3 Å². The number of carbonyl (C=O) groups is 1. The van der Waals surface area contributed by atoms with Crippen LogP contribution in [0.4, 0.5) is 0 Å². The molecular formula is C19H22N2O2S. The van der Waals surface area contributed by atoms with Crippen LogP contribution in [0.2, 0.25) is 0 Å². The summed E-state index contributed by atoms with van der Waals surface area (Å²) in [6.45, 7) is 2.79. The van der Waals surface area contributed by atoms with Crippen LogP contribution in [0, 0.1) is 0 Å². The van der Waals surface area contributed by atoms with Crippen molar-refractivity contribution in [2.45, 2.75) is 23.9 Å². The second-order valence-corrected chi connectivity index (χ2v) is 7.54. The van der Waals surface area contributed by atoms with Gasteiger partial charge in [-0.05, 0) is 36.2 Å². The first-order valence-electron chi connectivity index (χ1n) is 8.12. The van der Waals surface area contributed by atoms with E-state index in [1.807, 2.05) is 6.07 Å². The van der Waals surface area contributed by atoms with Crippen LogP contribution < -0.4 is 5.32 Å². The number of amides is 1. The zero-order valence-electron chi connectivity index (χ0n) is 13.8. The molecule has 1 amide bonds. The lowest BCUT2D eigenvalue weighted by Gasteiger charge is -2.17. The molecule has 1 N–H and O–H groups in total. The van der Waals surface area contributed by atoms with Crippen LogP contribution in [0.15, 0.2) is 59.5 Å². The zero-order chi connectivity index (χ0) is 16.9. The first-order chi connectivity index (χ1) is 11.6. The molecule has 0 spiro atoms. The van der Waals surface area contributed by atoms with E-state index in [0.717, 1.165) is 31.0 Å². The van der Waals surface area contributed by atoms with Gasteiger partial charge < -0.3 is 5.32 Å². The zero-order valence-corrected chi connectivity index (χ0v) is 14.6. The van der Waals surface area contributed by atoms with Crippen molar-refractivity contribution in [3.8, 4) is 0 Å². The fraction of sp³-hybridized carbons (Fsp3) is 0.316. The maximum absolute atomic E-state index is 12.3. The van der Waals surface area contributed by atoms with Crippen molar-refractivity contribution in [2.24, 2.45) is 0 Å². The van der Waals surface area contributed by atoms with E-state index in [9.17, 15) is 9.00 Å². The van der Waals surface area contributed by atoms with Crippen molar-refractivity contribution in [3.63, 3.8) is 0 Å². The van der Waals surface area contributed by atoms with Gasteiger partial charge in [-0.25, -0.2) is 0 Å². The summed E-state index contributed by atoms with van der Waals surface area (Å²) in [5.74, 6) is -0.0602. The molecule has 1 fully saturated rings. The van der Waals surface area contributed by atoms with Crippen molar-refractivity contribution >= 4 is 16.7 Å². The molecule has 2 aromatic rings. The minimum Gasteiger partial charge on any atom is -0.348 e. The van der Waals surface area contributed by atoms with Gasteiger partial charge in [0.25, 0.3) is 5.91 Å². The summed E-state index contributed by atoms with van der Waals surface area (Å²) >= 11 is 0. The third-order valence-corrected chi connectivity index (χ3v) is 5.24. The SMILES string of the molecule is CS(=O)c1ccc(C(=O)NC2CCN(Cc3ccccc3)C2)cc1. The van der Waals surface area contributed by atoms with E-state index >= 15 is 0 Å². The maximum atomic E-state index is 12.3. The summed E-state index contributed by atoms with van der Waals surface area (Å²) in [4.78, 5) is 15.4. The van der Waals surface area contributed by atoms with Gasteiger partial charge in [0.2, 0.25) is 0 Å². The Hall–Kier alpha value is -1.98. The van der Waals surface area contributed by atoms with Crippen LogP contribution in [-0.2, 0) is 17.3 Å². The third-order valence-electron chi connectivity index (χ3n) is 4.31. The van der Waals surface area contributed by atoms with Gasteiger partial charge >= 0.3 is 0 Å². The highest BCUT2D eigenvalue weighted by atomic mass is 32.2. The van der Waals surface area contributed by atoms with E-state index in [1.54, 1.807) is 30.5 Å². The van der Waals surface area contributed by atoms with Gasteiger partial charge in [-0.2, -0.15) is 0 Å². The van der Waals surface area contributed by atoms with Crippen molar-refractivity contribution in [3.05, 3.63) is 65.7 Å². The molecule has 126 valence electrons. The van der Waals surface area contributed by atoms with Crippen molar-refractivity contribution in [1.82, 2.24) is 10.2 Å². The number of hydrogen-bond donors (Lipinski definition) is 1. The van der Waals surface area contributed by atoms with Crippen molar-refractivity contribution in [1.29, 1.82) is 0 Å². The summed E-state index contributed by atoms with van der Waals surface area (Å²) in [6.07, 6.45) is 2.60. The summed E-state index contributed by atoms with van der Waals surface area (Å²) < 4.78 is 11.4. The molecule has 5 heteroatoms. The smallest absolute Gasteiger partial charge is 0.251 e. The number of likely N-dealkylation sites (tertiary alicyclic amines) is 1. The average Bonchev–Trinajstić information content (AvgIpc) is 3.02. The van der Waals surface area contributed by atoms with Gasteiger partial charge in [0, 0.05) is 53.2 Å². The highest BCUT2D eigenvalue weighted by Crippen LogP contribution is 2.14. The summed E-state index contributed by atoms with van der Waals surface area (Å²) in [7, 11) is -1.02. The number of hydrogen-bond acceptors (Lipinski definition) is 3. The Labute approximate surface area is 145 Å². The van der Waals surface area contributed by atoms with E-state index in [1.165, 1.54) is 5.56 Å². The Balaban J connectivity index is 1.53. The lowest BCUT2D eigenvalue weighted by atomic mass is 10.2. The number of carbonyl (C=O) groups excluding carboxylic acids is 1. The molecule has 1 heterocycles. The fourth-order valence-corrected chi connectivity index (χ4v) is 3.52. The van der Waals surface area contributed by atoms with Crippen LogP contribution in [0.5, 0.6) is 0 Å². The number of benzene rings is 2. The maximum Gasteiger partial charge on any atom is 0.251 e. The van der Waals surface area contributed by atoms with Crippen LogP contribution in [-0.4, -0.2) is 40.4 Å². The van der Waals surface area contributed by atoms with E-state index < -0.39 is 10.8 Å². The Bertz CT molecular complexity index is 716. The van der Waals surface area contributed by atoms with Crippen LogP contribution in [0.25, 0.3) is 0 Å². The van der Waals surface area contributed by atoms with E-state index in [2.05, 4.69) is 34.5 Å². The number of nitrogens with one attached hydrogen (secondary N) is 1. The first-order valence-corrected chi connectivity index (χ1v) is 9.68. The molecule has 0 saturated carbocycles. The van der Waals surface area contributed by atoms with Gasteiger partial charge in [-0.15, -0.1) is 0 Å². The fourth-order valence-electron chi connectivity index (χ4n) is 3.00. The molecule has 0 bridgehead atoms. The van der Waals surface area contributed by atoms with E-state index in [4.69, 9.17) is 0 Å². The molecule has 1 saturated heterocycles. The Morgan fingerprint density at radius 3 is 2.54 bits per heavy atom. The molecule has 0 aromatic heterocycles. The molecule has 2 aromatic carbocycles. The quantitative estimate of drug-likeness (QED) is 0.908. The second kappa shape index (κ2) is 7.73. The molecule has 1 aliphatic rings. The largest absolute Gasteiger partial charge is 0.348 e. The third kappa shape index (κ3) is 4.30. The molecule has 1 aliphatic heterocycles. The molecule has 0 radical (unpaired) electrons. The first kappa shape index (κ1) is 16.9. The monoisotopic (exact) mass is 342 g/mol. The molecule has 0 aliphatic carbocycles. The highest BCUT2D eigenvalue weighted by molar-refractivity contribution is 7.84. The van der Waals surface area contributed by atoms with Gasteiger partial charge in [0.05, 0.1) is 0 Å². The van der Waals surface area contributed by atoms with E-state index in [-0.39, 0.29) is 11.9 Å². The Morgan fingerprint density at radius 1 is 1.17 bits per heavy atom. The minimum atomic E-state index is -1.02. The Kier molecular flexibility index (Phi) is 5.43. The lowest BCUT2D eigenvalue weighted by molar-refractivity contribution is 0.0937. The lowest BCUT2D eigenvalue weighted by Crippen LogP contribution is -2.36. The average molecular weight is 342 g/mol. The number of rotatable bonds is 5. The van der Waals surface area contributed by atoms with Crippen LogP contribution >= 0.6 is 0 Å². The molecule has 4 nitrogen and oxygen atoms in total. The van der Waals surface area contributed by atoms with Crippen molar-refractivity contribution < 1.29 is 9.00 Å². The molecule has 24 heavy (non-hydrogen) atoms. The second-order valence-electron chi connectivity index (χ2n) is 6.16. The number of nitrogens with zero attached hydrogens (tertiary/aromatic N) is 1. The predicted molar refractivity (Wildman–Crippen MR) is 96.4 cm³/mol. The standard InChI is InChI=1S/C19H22N2O2S/c1-24(23)18-9-7-16(8-10-18)19(22)20-17-11-12-21(14-17)13-15-5-3-2-4-6-15/h2-10,17H,11-14H2,1H3,(H,20,22). The minimum absolute atomic E-state index is 0.0602. The van der Waals surface area contributed by atoms with E-state index in [0.29, 0.717) is 5.56 Å². The van der Waals surface area contributed by atoms with Gasteiger partial charge in [0.1, 0.15) is 0 Å². The predicted octanol–water partition coefficient (Wildman–Crippen LogP) is 2.43. The van der Waals surface area contributed by atoms with Crippen LogP contribution in [0.1, 0.15) is 22.3 Å². The molecule has 2 atom stereocenters. The highest BCUT2D eigenvalue weighted by Gasteiger charge is 2.24. The topological polar surface area (TPSA) is 49.4 Å². The van der Waals surface area contributed by atoms with Gasteiger partial charge in [0.15, 0.2) is 0 Å². The summed E-state index contributed by atoms with van der Waals surface area (Å²) in [5.41, 5.74) is 1.92. The summed E-state index contributed by atoms with van der Waals surface area (Å²) in [6, 6.07) is 17.6. The summed E-state index contributed by atoms with van der Waals surface area (Å²) in [5, 5.41) is 3.10. The van der Waals surface area contributed by atoms with Gasteiger partial charge in [-0.3, -0.25) is 13.9 Å². The van der Waals surface area contributed by atoms with Gasteiger partial charge in [-0.1, -0.05) is 30.3 Å². The Morgan fingerprint density at radius 2 is 1.88 bits per heavy atom. The van der Waals surface area contributed by atoms with Crippen LogP contribution in [0.3, 0.4) is 0 Å². The normalized spacial score (nSPS) is 19.1. The molecule has 3 rings (SSSR count). The molecule has 2 unspecified atom stereocenters. The molecular weight excluding hydrogens is 320 g/mol.